The van der Waals surface area contributed by atoms with Crippen LogP contribution in [-0.4, -0.2) is 25.4 Å². The van der Waals surface area contributed by atoms with E-state index in [2.05, 4.69) is 24.1 Å². The van der Waals surface area contributed by atoms with Crippen molar-refractivity contribution in [2.45, 2.75) is 56.9 Å². The third kappa shape index (κ3) is 5.17. The number of hydrogen-bond acceptors (Lipinski definition) is 3. The molecule has 1 heterocycles. The number of carbonyl (C=O) groups excluding carboxylic acids is 1. The lowest BCUT2D eigenvalue weighted by atomic mass is 10.1. The average Bonchev–Trinajstić information content (AvgIpc) is 2.85. The van der Waals surface area contributed by atoms with Gasteiger partial charge in [0.25, 0.3) is 15.0 Å². The maximum atomic E-state index is 12.1. The summed E-state index contributed by atoms with van der Waals surface area (Å²) in [5.74, 6) is -0.300. The zero-order valence-electron chi connectivity index (χ0n) is 11.8. The fourth-order valence-corrected chi connectivity index (χ4v) is 2.72. The zero-order chi connectivity index (χ0) is 15.2. The molecule has 0 aliphatic rings. The van der Waals surface area contributed by atoms with Crippen molar-refractivity contribution >= 4 is 25.6 Å². The topological polar surface area (TPSA) is 79.0 Å². The monoisotopic (exact) mass is 320 g/mol. The number of carbonyl (C=O) groups is 1. The molecular weight excluding hydrogens is 300 g/mol. The Hall–Kier alpha value is -1.01. The van der Waals surface area contributed by atoms with Crippen molar-refractivity contribution in [1.29, 1.82) is 0 Å². The summed E-state index contributed by atoms with van der Waals surface area (Å²) >= 11 is 0. The predicted octanol–water partition coefficient (Wildman–Crippen LogP) is 3.03. The first-order valence-corrected chi connectivity index (χ1v) is 9.13. The number of amides is 1. The molecule has 0 saturated carbocycles. The molecule has 1 atom stereocenters. The van der Waals surface area contributed by atoms with Crippen molar-refractivity contribution < 1.29 is 13.2 Å². The van der Waals surface area contributed by atoms with Crippen LogP contribution in [-0.2, 0) is 9.05 Å². The quantitative estimate of drug-likeness (QED) is 0.722. The van der Waals surface area contributed by atoms with E-state index < -0.39 is 9.05 Å². The van der Waals surface area contributed by atoms with Crippen molar-refractivity contribution in [3.8, 4) is 0 Å². The van der Waals surface area contributed by atoms with E-state index in [0.717, 1.165) is 32.1 Å². The first-order valence-electron chi connectivity index (χ1n) is 6.82. The Kier molecular flexibility index (Phi) is 6.55. The van der Waals surface area contributed by atoms with E-state index in [9.17, 15) is 13.2 Å². The summed E-state index contributed by atoms with van der Waals surface area (Å²) in [6.07, 6.45) is 6.17. The molecule has 0 aromatic carbocycles. The molecule has 2 N–H and O–H groups in total. The molecule has 1 rings (SSSR count). The Balaban J connectivity index is 2.71. The fourth-order valence-electron chi connectivity index (χ4n) is 2.00. The molecule has 20 heavy (non-hydrogen) atoms. The highest BCUT2D eigenvalue weighted by Crippen LogP contribution is 2.16. The molecule has 0 radical (unpaired) electrons. The van der Waals surface area contributed by atoms with Gasteiger partial charge in [-0.1, -0.05) is 33.1 Å². The Bertz CT molecular complexity index is 540. The van der Waals surface area contributed by atoms with E-state index in [1.54, 1.807) is 0 Å². The fraction of sp³-hybridized carbons (Fsp3) is 0.615. The maximum absolute atomic E-state index is 12.1. The summed E-state index contributed by atoms with van der Waals surface area (Å²) in [6.45, 7) is 4.17. The van der Waals surface area contributed by atoms with Crippen molar-refractivity contribution in [3.63, 3.8) is 0 Å². The third-order valence-electron chi connectivity index (χ3n) is 3.06. The largest absolute Gasteiger partial charge is 0.356 e. The number of H-pyrrole nitrogens is 1. The van der Waals surface area contributed by atoms with E-state index in [0.29, 0.717) is 0 Å². The summed E-state index contributed by atoms with van der Waals surface area (Å²) < 4.78 is 22.3. The number of rotatable bonds is 8. The molecule has 0 aliphatic heterocycles. The van der Waals surface area contributed by atoms with Crippen LogP contribution in [0.4, 0.5) is 0 Å². The van der Waals surface area contributed by atoms with Crippen LogP contribution in [0.1, 0.15) is 56.4 Å². The van der Waals surface area contributed by atoms with Gasteiger partial charge in [0.2, 0.25) is 0 Å². The van der Waals surface area contributed by atoms with Gasteiger partial charge in [0.1, 0.15) is 10.6 Å². The van der Waals surface area contributed by atoms with E-state index in [4.69, 9.17) is 10.7 Å². The van der Waals surface area contributed by atoms with Gasteiger partial charge in [0.15, 0.2) is 0 Å². The SMILES string of the molecule is CCCCC(CCC)NC(=O)c1cc(S(=O)(=O)Cl)c[nH]1. The van der Waals surface area contributed by atoms with Gasteiger partial charge in [-0.25, -0.2) is 8.42 Å². The Morgan fingerprint density at radius 3 is 2.55 bits per heavy atom. The lowest BCUT2D eigenvalue weighted by Gasteiger charge is -2.17. The summed E-state index contributed by atoms with van der Waals surface area (Å²) in [6, 6.07) is 1.37. The molecule has 1 unspecified atom stereocenters. The molecule has 1 aromatic heterocycles. The summed E-state index contributed by atoms with van der Waals surface area (Å²) in [4.78, 5) is 14.6. The van der Waals surface area contributed by atoms with Crippen molar-refractivity contribution in [1.82, 2.24) is 10.3 Å². The second kappa shape index (κ2) is 7.69. The lowest BCUT2D eigenvalue weighted by Crippen LogP contribution is -2.34. The van der Waals surface area contributed by atoms with Crippen LogP contribution in [0.25, 0.3) is 0 Å². The lowest BCUT2D eigenvalue weighted by molar-refractivity contribution is 0.0927. The second-order valence-corrected chi connectivity index (χ2v) is 7.35. The third-order valence-corrected chi connectivity index (χ3v) is 4.39. The molecule has 0 bridgehead atoms. The Morgan fingerprint density at radius 1 is 1.35 bits per heavy atom. The molecule has 1 amide bonds. The molecule has 1 aromatic rings. The minimum Gasteiger partial charge on any atom is -0.356 e. The number of halogens is 1. The van der Waals surface area contributed by atoms with Gasteiger partial charge in [-0.15, -0.1) is 0 Å². The van der Waals surface area contributed by atoms with Crippen LogP contribution < -0.4 is 5.32 Å². The Labute approximate surface area is 124 Å². The van der Waals surface area contributed by atoms with Gasteiger partial charge >= 0.3 is 0 Å². The standard InChI is InChI=1S/C13H21ClN2O3S/c1-3-5-7-10(6-4-2)16-13(17)12-8-11(9-15-12)20(14,18)19/h8-10,15H,3-7H2,1-2H3,(H,16,17). The molecule has 0 spiro atoms. The number of nitrogens with one attached hydrogen (secondary N) is 2. The number of unbranched alkanes of at least 4 members (excludes halogenated alkanes) is 1. The first-order chi connectivity index (χ1) is 9.38. The smallest absolute Gasteiger partial charge is 0.267 e. The Morgan fingerprint density at radius 2 is 2.05 bits per heavy atom. The number of aromatic nitrogens is 1. The van der Waals surface area contributed by atoms with Crippen LogP contribution >= 0.6 is 10.7 Å². The van der Waals surface area contributed by atoms with E-state index in [-0.39, 0.29) is 22.5 Å². The highest BCUT2D eigenvalue weighted by atomic mass is 35.7. The van der Waals surface area contributed by atoms with Crippen LogP contribution in [0.5, 0.6) is 0 Å². The normalized spacial score (nSPS) is 13.2. The predicted molar refractivity (Wildman–Crippen MR) is 79.5 cm³/mol. The van der Waals surface area contributed by atoms with Gasteiger partial charge in [-0.3, -0.25) is 4.79 Å². The second-order valence-electron chi connectivity index (χ2n) is 4.79. The van der Waals surface area contributed by atoms with Crippen LogP contribution in [0.15, 0.2) is 17.2 Å². The van der Waals surface area contributed by atoms with Crippen LogP contribution in [0.2, 0.25) is 0 Å². The van der Waals surface area contributed by atoms with Crippen molar-refractivity contribution in [3.05, 3.63) is 18.0 Å². The average molecular weight is 321 g/mol. The minimum atomic E-state index is -3.81. The van der Waals surface area contributed by atoms with Gasteiger partial charge < -0.3 is 10.3 Å². The van der Waals surface area contributed by atoms with Gasteiger partial charge in [-0.05, 0) is 18.9 Å². The number of hydrogen-bond donors (Lipinski definition) is 2. The van der Waals surface area contributed by atoms with Crippen molar-refractivity contribution in [2.75, 3.05) is 0 Å². The summed E-state index contributed by atoms with van der Waals surface area (Å²) in [5.41, 5.74) is 0.210. The molecule has 5 nitrogen and oxygen atoms in total. The molecular formula is C13H21ClN2O3S. The minimum absolute atomic E-state index is 0.0927. The summed E-state index contributed by atoms with van der Waals surface area (Å²) in [5, 5.41) is 2.93. The van der Waals surface area contributed by atoms with Crippen LogP contribution in [0, 0.1) is 0 Å². The van der Waals surface area contributed by atoms with E-state index >= 15 is 0 Å². The number of aromatic amines is 1. The highest BCUT2D eigenvalue weighted by Gasteiger charge is 2.18. The highest BCUT2D eigenvalue weighted by molar-refractivity contribution is 8.13. The molecule has 114 valence electrons. The molecule has 0 fully saturated rings. The molecule has 0 aliphatic carbocycles. The van der Waals surface area contributed by atoms with E-state index in [1.807, 2.05) is 0 Å². The van der Waals surface area contributed by atoms with Crippen LogP contribution in [0.3, 0.4) is 0 Å². The van der Waals surface area contributed by atoms with Crippen molar-refractivity contribution in [2.24, 2.45) is 0 Å². The van der Waals surface area contributed by atoms with E-state index in [1.165, 1.54) is 12.3 Å². The first kappa shape index (κ1) is 17.0. The molecule has 0 saturated heterocycles. The zero-order valence-corrected chi connectivity index (χ0v) is 13.4. The van der Waals surface area contributed by atoms with Gasteiger partial charge in [0.05, 0.1) is 0 Å². The summed E-state index contributed by atoms with van der Waals surface area (Å²) in [7, 11) is 1.41. The van der Waals surface area contributed by atoms with Gasteiger partial charge in [0, 0.05) is 22.9 Å². The van der Waals surface area contributed by atoms with Gasteiger partial charge in [-0.2, -0.15) is 0 Å². The molecule has 7 heteroatoms. The maximum Gasteiger partial charge on any atom is 0.267 e.